The van der Waals surface area contributed by atoms with Gasteiger partial charge in [-0.05, 0) is 44.4 Å². The topological polar surface area (TPSA) is 59.4 Å². The molecular weight excluding hydrogens is 342 g/mol. The van der Waals surface area contributed by atoms with E-state index in [1.165, 1.54) is 24.9 Å². The largest absolute Gasteiger partial charge is 0.371 e. The fourth-order valence-corrected chi connectivity index (χ4v) is 3.15. The Morgan fingerprint density at radius 1 is 1.27 bits per heavy atom. The fraction of sp³-hybridized carbons (Fsp3) is 0.375. The maximum absolute atomic E-state index is 5.83. The number of nitrogens with zero attached hydrogens (tertiary/aromatic N) is 4. The third-order valence-corrected chi connectivity index (χ3v) is 4.34. The molecule has 0 radical (unpaired) electrons. The Bertz CT molecular complexity index is 686. The maximum Gasteiger partial charge on any atom is 0.221 e. The van der Waals surface area contributed by atoms with E-state index in [1.54, 1.807) is 4.68 Å². The van der Waals surface area contributed by atoms with Crippen molar-refractivity contribution in [3.05, 3.63) is 40.1 Å². The summed E-state index contributed by atoms with van der Waals surface area (Å²) in [6.07, 6.45) is 7.50. The molecule has 2 N–H and O–H groups in total. The molecular formula is C16H20BrN5. The van der Waals surface area contributed by atoms with Gasteiger partial charge in [0, 0.05) is 28.8 Å². The quantitative estimate of drug-likeness (QED) is 0.852. The summed E-state index contributed by atoms with van der Waals surface area (Å²) in [4.78, 5) is 6.59. The van der Waals surface area contributed by atoms with E-state index in [4.69, 9.17) is 5.73 Å². The highest BCUT2D eigenvalue weighted by Crippen LogP contribution is 2.26. The van der Waals surface area contributed by atoms with Crippen molar-refractivity contribution in [2.24, 2.45) is 5.10 Å². The molecule has 116 valence electrons. The van der Waals surface area contributed by atoms with Crippen molar-refractivity contribution in [1.29, 1.82) is 0 Å². The van der Waals surface area contributed by atoms with Gasteiger partial charge in [0.1, 0.15) is 0 Å². The number of imidazole rings is 1. The molecule has 1 aliphatic rings. The third kappa shape index (κ3) is 3.32. The number of aromatic nitrogens is 2. The first-order valence-corrected chi connectivity index (χ1v) is 8.33. The second-order valence-electron chi connectivity index (χ2n) is 5.58. The van der Waals surface area contributed by atoms with Gasteiger partial charge in [-0.1, -0.05) is 15.9 Å². The van der Waals surface area contributed by atoms with Crippen LogP contribution in [0.1, 0.15) is 30.5 Å². The van der Waals surface area contributed by atoms with Gasteiger partial charge in [0.25, 0.3) is 0 Å². The van der Waals surface area contributed by atoms with Crippen molar-refractivity contribution in [2.45, 2.75) is 26.2 Å². The van der Waals surface area contributed by atoms with Crippen LogP contribution in [0.2, 0.25) is 0 Å². The molecule has 1 saturated heterocycles. The molecule has 6 heteroatoms. The van der Waals surface area contributed by atoms with Crippen molar-refractivity contribution < 1.29 is 0 Å². The lowest BCUT2D eigenvalue weighted by Gasteiger charge is -2.30. The SMILES string of the molecule is Cc1cn(N=Cc2cc(Br)ccc2N2CCCCC2)c(N)n1. The third-order valence-electron chi connectivity index (χ3n) is 3.84. The van der Waals surface area contributed by atoms with Crippen LogP contribution < -0.4 is 10.6 Å². The number of benzene rings is 1. The minimum absolute atomic E-state index is 0.406. The average molecular weight is 362 g/mol. The molecule has 0 bridgehead atoms. The van der Waals surface area contributed by atoms with E-state index in [-0.39, 0.29) is 0 Å². The molecule has 1 aromatic carbocycles. The predicted octanol–water partition coefficient (Wildman–Crippen LogP) is 3.41. The molecule has 5 nitrogen and oxygen atoms in total. The van der Waals surface area contributed by atoms with E-state index < -0.39 is 0 Å². The highest BCUT2D eigenvalue weighted by atomic mass is 79.9. The van der Waals surface area contributed by atoms with Crippen LogP contribution in [0, 0.1) is 6.92 Å². The molecule has 1 fully saturated rings. The molecule has 0 aliphatic carbocycles. The van der Waals surface area contributed by atoms with Gasteiger partial charge in [0.2, 0.25) is 5.95 Å². The summed E-state index contributed by atoms with van der Waals surface area (Å²) in [6, 6.07) is 6.32. The zero-order chi connectivity index (χ0) is 15.5. The van der Waals surface area contributed by atoms with E-state index in [0.29, 0.717) is 5.95 Å². The van der Waals surface area contributed by atoms with E-state index in [0.717, 1.165) is 28.8 Å². The number of hydrogen-bond acceptors (Lipinski definition) is 4. The molecule has 1 aliphatic heterocycles. The Morgan fingerprint density at radius 3 is 2.73 bits per heavy atom. The zero-order valence-corrected chi connectivity index (χ0v) is 14.3. The van der Waals surface area contributed by atoms with Crippen LogP contribution in [0.4, 0.5) is 11.6 Å². The highest BCUT2D eigenvalue weighted by molar-refractivity contribution is 9.10. The van der Waals surface area contributed by atoms with Crippen LogP contribution >= 0.6 is 15.9 Å². The summed E-state index contributed by atoms with van der Waals surface area (Å²) < 4.78 is 2.65. The molecule has 3 rings (SSSR count). The number of piperidine rings is 1. The molecule has 0 unspecified atom stereocenters. The second-order valence-corrected chi connectivity index (χ2v) is 6.50. The van der Waals surface area contributed by atoms with Gasteiger partial charge < -0.3 is 10.6 Å². The first-order chi connectivity index (χ1) is 10.6. The summed E-state index contributed by atoms with van der Waals surface area (Å²) in [5.74, 6) is 0.406. The van der Waals surface area contributed by atoms with Gasteiger partial charge >= 0.3 is 0 Å². The van der Waals surface area contributed by atoms with Gasteiger partial charge in [0.15, 0.2) is 0 Å². The molecule has 0 amide bonds. The molecule has 1 aromatic heterocycles. The Morgan fingerprint density at radius 2 is 2.05 bits per heavy atom. The number of nitrogen functional groups attached to an aromatic ring is 1. The van der Waals surface area contributed by atoms with Crippen molar-refractivity contribution in [2.75, 3.05) is 23.7 Å². The molecule has 22 heavy (non-hydrogen) atoms. The number of hydrogen-bond donors (Lipinski definition) is 1. The van der Waals surface area contributed by atoms with Crippen LogP contribution in [-0.4, -0.2) is 29.0 Å². The monoisotopic (exact) mass is 361 g/mol. The van der Waals surface area contributed by atoms with Crippen molar-refractivity contribution in [3.8, 4) is 0 Å². The lowest BCUT2D eigenvalue weighted by atomic mass is 10.1. The van der Waals surface area contributed by atoms with E-state index in [2.05, 4.69) is 49.1 Å². The van der Waals surface area contributed by atoms with Crippen molar-refractivity contribution in [3.63, 3.8) is 0 Å². The van der Waals surface area contributed by atoms with Crippen molar-refractivity contribution in [1.82, 2.24) is 9.66 Å². The zero-order valence-electron chi connectivity index (χ0n) is 12.7. The van der Waals surface area contributed by atoms with Gasteiger partial charge in [-0.25, -0.2) is 9.66 Å². The average Bonchev–Trinajstić information content (AvgIpc) is 2.84. The molecule has 2 aromatic rings. The standard InChI is InChI=1S/C16H20BrN5/c1-12-11-22(16(18)20-12)19-10-13-9-14(17)5-6-15(13)21-7-3-2-4-8-21/h5-6,9-11H,2-4,7-8H2,1H3,(H2,18,20). The first-order valence-electron chi connectivity index (χ1n) is 7.54. The number of aryl methyl sites for hydroxylation is 1. The van der Waals surface area contributed by atoms with Crippen LogP contribution in [0.3, 0.4) is 0 Å². The summed E-state index contributed by atoms with van der Waals surface area (Å²) in [5, 5.41) is 4.45. The minimum atomic E-state index is 0.406. The lowest BCUT2D eigenvalue weighted by molar-refractivity contribution is 0.577. The summed E-state index contributed by atoms with van der Waals surface area (Å²) in [5.41, 5.74) is 9.01. The van der Waals surface area contributed by atoms with E-state index >= 15 is 0 Å². The fourth-order valence-electron chi connectivity index (χ4n) is 2.77. The maximum atomic E-state index is 5.83. The summed E-state index contributed by atoms with van der Waals surface area (Å²) in [7, 11) is 0. The molecule has 2 heterocycles. The Hall–Kier alpha value is -1.82. The summed E-state index contributed by atoms with van der Waals surface area (Å²) >= 11 is 3.54. The minimum Gasteiger partial charge on any atom is -0.371 e. The van der Waals surface area contributed by atoms with Crippen LogP contribution in [-0.2, 0) is 0 Å². The predicted molar refractivity (Wildman–Crippen MR) is 94.6 cm³/mol. The highest BCUT2D eigenvalue weighted by Gasteiger charge is 2.14. The van der Waals surface area contributed by atoms with E-state index in [1.807, 2.05) is 19.3 Å². The van der Waals surface area contributed by atoms with Crippen molar-refractivity contribution >= 4 is 33.8 Å². The summed E-state index contributed by atoms with van der Waals surface area (Å²) in [6.45, 7) is 4.12. The normalized spacial score (nSPS) is 15.6. The van der Waals surface area contributed by atoms with E-state index in [9.17, 15) is 0 Å². The van der Waals surface area contributed by atoms with Gasteiger partial charge in [-0.2, -0.15) is 5.10 Å². The smallest absolute Gasteiger partial charge is 0.221 e. The molecule has 0 saturated carbocycles. The number of rotatable bonds is 3. The molecule has 0 spiro atoms. The van der Waals surface area contributed by atoms with Crippen LogP contribution in [0.15, 0.2) is 34.0 Å². The molecule has 0 atom stereocenters. The van der Waals surface area contributed by atoms with Gasteiger partial charge in [-0.15, -0.1) is 0 Å². The second kappa shape index (κ2) is 6.52. The first kappa shape index (κ1) is 15.1. The number of anilines is 2. The van der Waals surface area contributed by atoms with Gasteiger partial charge in [0.05, 0.1) is 18.1 Å². The number of nitrogens with two attached hydrogens (primary N) is 1. The Balaban J connectivity index is 1.91. The van der Waals surface area contributed by atoms with Crippen LogP contribution in [0.25, 0.3) is 0 Å². The Labute approximate surface area is 139 Å². The van der Waals surface area contributed by atoms with Crippen LogP contribution in [0.5, 0.6) is 0 Å². The lowest BCUT2D eigenvalue weighted by Crippen LogP contribution is -2.30. The van der Waals surface area contributed by atoms with Gasteiger partial charge in [-0.3, -0.25) is 0 Å². The Kier molecular flexibility index (Phi) is 4.47. The number of halogens is 1.